The van der Waals surface area contributed by atoms with E-state index in [1.807, 2.05) is 25.1 Å². The maximum Gasteiger partial charge on any atom is 0.134 e. The molecule has 1 aromatic carbocycles. The molecule has 1 aliphatic heterocycles. The van der Waals surface area contributed by atoms with Crippen LogP contribution in [0.15, 0.2) is 24.3 Å². The quantitative estimate of drug-likeness (QED) is 0.796. The van der Waals surface area contributed by atoms with E-state index in [0.717, 1.165) is 42.3 Å². The fourth-order valence-corrected chi connectivity index (χ4v) is 3.34. The van der Waals surface area contributed by atoms with Crippen LogP contribution < -0.4 is 14.4 Å². The highest BCUT2D eigenvalue weighted by molar-refractivity contribution is 6.29. The molecule has 1 aromatic heterocycles. The third-order valence-electron chi connectivity index (χ3n) is 4.14. The van der Waals surface area contributed by atoms with Gasteiger partial charge in [0.1, 0.15) is 28.3 Å². The molecule has 0 amide bonds. The van der Waals surface area contributed by atoms with Gasteiger partial charge in [0.25, 0.3) is 0 Å². The first-order chi connectivity index (χ1) is 11.1. The predicted molar refractivity (Wildman–Crippen MR) is 90.6 cm³/mol. The molecule has 2 heterocycles. The first-order valence-electron chi connectivity index (χ1n) is 7.62. The zero-order valence-electron chi connectivity index (χ0n) is 13.5. The van der Waals surface area contributed by atoms with E-state index in [4.69, 9.17) is 21.1 Å². The number of aryl methyl sites for hydroxylation is 1. The smallest absolute Gasteiger partial charge is 0.134 e. The van der Waals surface area contributed by atoms with Crippen molar-refractivity contribution in [2.75, 3.05) is 25.7 Å². The molecule has 0 spiro atoms. The van der Waals surface area contributed by atoms with Crippen molar-refractivity contribution in [1.29, 1.82) is 0 Å². The fourth-order valence-electron chi connectivity index (χ4n) is 3.12. The molecule has 0 bridgehead atoms. The first kappa shape index (κ1) is 15.9. The molecule has 23 heavy (non-hydrogen) atoms. The van der Waals surface area contributed by atoms with E-state index < -0.39 is 0 Å². The van der Waals surface area contributed by atoms with Crippen LogP contribution in [0.4, 0.5) is 5.82 Å². The Hall–Kier alpha value is -2.01. The Kier molecular flexibility index (Phi) is 4.57. The maximum atomic E-state index is 6.10. The van der Waals surface area contributed by atoms with E-state index >= 15 is 0 Å². The van der Waals surface area contributed by atoms with Crippen molar-refractivity contribution >= 4 is 17.4 Å². The second-order valence-corrected chi connectivity index (χ2v) is 5.94. The third kappa shape index (κ3) is 3.20. The predicted octanol–water partition coefficient (Wildman–Crippen LogP) is 3.80. The third-order valence-corrected chi connectivity index (χ3v) is 4.33. The van der Waals surface area contributed by atoms with Gasteiger partial charge >= 0.3 is 0 Å². The average molecular weight is 334 g/mol. The highest BCUT2D eigenvalue weighted by Gasteiger charge is 2.30. The number of aromatic nitrogens is 2. The minimum absolute atomic E-state index is 0.209. The van der Waals surface area contributed by atoms with Gasteiger partial charge in [-0.05, 0) is 31.9 Å². The summed E-state index contributed by atoms with van der Waals surface area (Å²) in [5.74, 6) is 3.16. The van der Waals surface area contributed by atoms with Gasteiger partial charge in [0.2, 0.25) is 0 Å². The van der Waals surface area contributed by atoms with E-state index in [2.05, 4.69) is 20.9 Å². The molecule has 1 fully saturated rings. The summed E-state index contributed by atoms with van der Waals surface area (Å²) < 4.78 is 10.9. The molecule has 0 radical (unpaired) electrons. The van der Waals surface area contributed by atoms with Crippen molar-refractivity contribution in [2.45, 2.75) is 25.8 Å². The maximum absolute atomic E-state index is 6.10. The highest BCUT2D eigenvalue weighted by atomic mass is 35.5. The largest absolute Gasteiger partial charge is 0.497 e. The molecule has 0 N–H and O–H groups in total. The second kappa shape index (κ2) is 6.62. The summed E-state index contributed by atoms with van der Waals surface area (Å²) in [4.78, 5) is 11.0. The minimum Gasteiger partial charge on any atom is -0.497 e. The Labute approximate surface area is 141 Å². The van der Waals surface area contributed by atoms with E-state index in [-0.39, 0.29) is 6.04 Å². The van der Waals surface area contributed by atoms with Crippen LogP contribution in [0.1, 0.15) is 30.3 Å². The zero-order valence-corrected chi connectivity index (χ0v) is 14.3. The summed E-state index contributed by atoms with van der Waals surface area (Å²) in [6.45, 7) is 2.79. The van der Waals surface area contributed by atoms with Gasteiger partial charge in [-0.2, -0.15) is 0 Å². The molecular weight excluding hydrogens is 314 g/mol. The number of methoxy groups -OCH3 is 2. The number of hydrogen-bond acceptors (Lipinski definition) is 5. The molecule has 6 heteroatoms. The number of hydrogen-bond donors (Lipinski definition) is 0. The molecule has 1 atom stereocenters. The lowest BCUT2D eigenvalue weighted by molar-refractivity contribution is 0.388. The van der Waals surface area contributed by atoms with Gasteiger partial charge in [0.15, 0.2) is 0 Å². The number of anilines is 1. The van der Waals surface area contributed by atoms with Gasteiger partial charge in [0, 0.05) is 24.2 Å². The van der Waals surface area contributed by atoms with Crippen LogP contribution in [-0.4, -0.2) is 30.7 Å². The van der Waals surface area contributed by atoms with Gasteiger partial charge in [-0.3, -0.25) is 0 Å². The van der Waals surface area contributed by atoms with Gasteiger partial charge in [-0.25, -0.2) is 9.97 Å². The molecule has 2 aromatic rings. The Bertz CT molecular complexity index is 688. The van der Waals surface area contributed by atoms with Gasteiger partial charge in [0.05, 0.1) is 20.3 Å². The monoisotopic (exact) mass is 333 g/mol. The van der Waals surface area contributed by atoms with Crippen molar-refractivity contribution in [3.05, 3.63) is 40.8 Å². The Morgan fingerprint density at radius 2 is 2.00 bits per heavy atom. The van der Waals surface area contributed by atoms with Crippen LogP contribution in [0.5, 0.6) is 11.5 Å². The van der Waals surface area contributed by atoms with Crippen LogP contribution >= 0.6 is 11.6 Å². The number of halogens is 1. The Balaban J connectivity index is 1.98. The lowest BCUT2D eigenvalue weighted by Crippen LogP contribution is -2.24. The van der Waals surface area contributed by atoms with Crippen molar-refractivity contribution in [3.8, 4) is 11.5 Å². The Morgan fingerprint density at radius 1 is 1.17 bits per heavy atom. The second-order valence-electron chi connectivity index (χ2n) is 5.56. The first-order valence-corrected chi connectivity index (χ1v) is 8.00. The van der Waals surface area contributed by atoms with E-state index in [9.17, 15) is 0 Å². The molecule has 1 aliphatic rings. The lowest BCUT2D eigenvalue weighted by Gasteiger charge is -2.27. The molecule has 5 nitrogen and oxygen atoms in total. The molecule has 1 unspecified atom stereocenters. The van der Waals surface area contributed by atoms with Gasteiger partial charge in [-0.15, -0.1) is 0 Å². The van der Waals surface area contributed by atoms with E-state index in [0.29, 0.717) is 11.0 Å². The number of nitrogens with zero attached hydrogens (tertiary/aromatic N) is 3. The van der Waals surface area contributed by atoms with Crippen molar-refractivity contribution in [1.82, 2.24) is 9.97 Å². The number of rotatable bonds is 4. The summed E-state index contributed by atoms with van der Waals surface area (Å²) in [7, 11) is 3.34. The summed E-state index contributed by atoms with van der Waals surface area (Å²) >= 11 is 6.10. The van der Waals surface area contributed by atoms with Crippen LogP contribution in [-0.2, 0) is 0 Å². The highest BCUT2D eigenvalue weighted by Crippen LogP contribution is 2.40. The SMILES string of the molecule is COc1ccc(C2CCCN2c2cc(Cl)nc(C)n2)c(OC)c1. The lowest BCUT2D eigenvalue weighted by atomic mass is 10.0. The summed E-state index contributed by atoms with van der Waals surface area (Å²) in [5.41, 5.74) is 1.14. The molecule has 0 saturated carbocycles. The van der Waals surface area contributed by atoms with Gasteiger partial charge < -0.3 is 14.4 Å². The summed E-state index contributed by atoms with van der Waals surface area (Å²) in [5, 5.41) is 0.472. The molecule has 122 valence electrons. The molecule has 1 saturated heterocycles. The van der Waals surface area contributed by atoms with Crippen molar-refractivity contribution in [2.24, 2.45) is 0 Å². The van der Waals surface area contributed by atoms with Crippen LogP contribution in [0.2, 0.25) is 5.15 Å². The minimum atomic E-state index is 0.209. The number of benzene rings is 1. The van der Waals surface area contributed by atoms with Crippen molar-refractivity contribution in [3.63, 3.8) is 0 Å². The fraction of sp³-hybridized carbons (Fsp3) is 0.412. The molecule has 0 aliphatic carbocycles. The summed E-state index contributed by atoms with van der Waals surface area (Å²) in [6.07, 6.45) is 2.14. The normalized spacial score (nSPS) is 17.4. The van der Waals surface area contributed by atoms with E-state index in [1.54, 1.807) is 14.2 Å². The van der Waals surface area contributed by atoms with Crippen LogP contribution in [0, 0.1) is 6.92 Å². The molecular formula is C17H20ClN3O2. The Morgan fingerprint density at radius 3 is 2.70 bits per heavy atom. The number of ether oxygens (including phenoxy) is 2. The van der Waals surface area contributed by atoms with E-state index in [1.165, 1.54) is 0 Å². The summed E-state index contributed by atoms with van der Waals surface area (Å²) in [6, 6.07) is 7.98. The van der Waals surface area contributed by atoms with Gasteiger partial charge in [-0.1, -0.05) is 11.6 Å². The molecule has 3 rings (SSSR count). The topological polar surface area (TPSA) is 47.5 Å². The zero-order chi connectivity index (χ0) is 16.4. The van der Waals surface area contributed by atoms with Crippen LogP contribution in [0.3, 0.4) is 0 Å². The van der Waals surface area contributed by atoms with Crippen molar-refractivity contribution < 1.29 is 9.47 Å². The van der Waals surface area contributed by atoms with Crippen LogP contribution in [0.25, 0.3) is 0 Å². The average Bonchev–Trinajstić information content (AvgIpc) is 3.02. The standard InChI is InChI=1S/C17H20ClN3O2/c1-11-19-16(18)10-17(20-11)21-8-4-5-14(21)13-7-6-12(22-2)9-15(13)23-3/h6-7,9-10,14H,4-5,8H2,1-3H3.